The molecule has 3 nitrogen and oxygen atoms in total. The van der Waals surface area contributed by atoms with Crippen LogP contribution in [0.2, 0.25) is 0 Å². The third-order valence-electron chi connectivity index (χ3n) is 2.38. The Morgan fingerprint density at radius 3 is 2.76 bits per heavy atom. The number of thioether (sulfide) groups is 1. The van der Waals surface area contributed by atoms with Gasteiger partial charge < -0.3 is 10.4 Å². The monoisotopic (exact) mass is 253 g/mol. The second-order valence-corrected chi connectivity index (χ2v) is 4.85. The summed E-state index contributed by atoms with van der Waals surface area (Å²) in [6, 6.07) is 9.84. The predicted octanol–water partition coefficient (Wildman–Crippen LogP) is 2.06. The largest absolute Gasteiger partial charge is 0.393 e. The Hall–Kier alpha value is -1.00. The van der Waals surface area contributed by atoms with Crippen molar-refractivity contribution in [2.75, 3.05) is 12.3 Å². The van der Waals surface area contributed by atoms with Crippen LogP contribution in [0, 0.1) is 0 Å². The topological polar surface area (TPSA) is 49.3 Å². The fourth-order valence-electron chi connectivity index (χ4n) is 1.30. The molecule has 94 valence electrons. The van der Waals surface area contributed by atoms with Crippen molar-refractivity contribution in [1.29, 1.82) is 0 Å². The maximum Gasteiger partial charge on any atom is 0.230 e. The second kappa shape index (κ2) is 8.14. The number of benzene rings is 1. The van der Waals surface area contributed by atoms with Gasteiger partial charge in [-0.1, -0.05) is 25.1 Å². The molecule has 0 spiro atoms. The molecule has 0 saturated carbocycles. The van der Waals surface area contributed by atoms with E-state index in [0.29, 0.717) is 18.7 Å². The molecule has 2 N–H and O–H groups in total. The lowest BCUT2D eigenvalue weighted by Crippen LogP contribution is -2.28. The van der Waals surface area contributed by atoms with Crippen molar-refractivity contribution in [1.82, 2.24) is 5.32 Å². The first-order valence-corrected chi connectivity index (χ1v) is 6.83. The van der Waals surface area contributed by atoms with Gasteiger partial charge in [-0.2, -0.15) is 0 Å². The molecule has 1 amide bonds. The van der Waals surface area contributed by atoms with E-state index in [1.165, 1.54) is 11.8 Å². The summed E-state index contributed by atoms with van der Waals surface area (Å²) in [5.41, 5.74) is 0. The summed E-state index contributed by atoms with van der Waals surface area (Å²) in [6.07, 6.45) is 1.05. The number of carbonyl (C=O) groups is 1. The third-order valence-corrected chi connectivity index (χ3v) is 3.40. The molecule has 0 saturated heterocycles. The molecule has 0 bridgehead atoms. The third kappa shape index (κ3) is 6.34. The van der Waals surface area contributed by atoms with Crippen LogP contribution in [-0.4, -0.2) is 29.4 Å². The summed E-state index contributed by atoms with van der Waals surface area (Å²) < 4.78 is 0. The van der Waals surface area contributed by atoms with Gasteiger partial charge in [0.2, 0.25) is 5.91 Å². The molecule has 1 aromatic rings. The molecule has 0 heterocycles. The number of hydrogen-bond donors (Lipinski definition) is 2. The van der Waals surface area contributed by atoms with Crippen molar-refractivity contribution in [3.8, 4) is 0 Å². The molecular weight excluding hydrogens is 234 g/mol. The highest BCUT2D eigenvalue weighted by Crippen LogP contribution is 2.16. The number of amides is 1. The molecule has 1 atom stereocenters. The van der Waals surface area contributed by atoms with E-state index in [-0.39, 0.29) is 12.0 Å². The van der Waals surface area contributed by atoms with E-state index in [4.69, 9.17) is 0 Å². The van der Waals surface area contributed by atoms with Crippen molar-refractivity contribution in [3.05, 3.63) is 30.3 Å². The van der Waals surface area contributed by atoms with Crippen LogP contribution < -0.4 is 5.32 Å². The molecular formula is C13H19NO2S. The van der Waals surface area contributed by atoms with Crippen LogP contribution in [0.4, 0.5) is 0 Å². The molecule has 0 aromatic heterocycles. The van der Waals surface area contributed by atoms with E-state index in [1.807, 2.05) is 37.3 Å². The molecule has 1 rings (SSSR count). The van der Waals surface area contributed by atoms with Crippen molar-refractivity contribution in [3.63, 3.8) is 0 Å². The molecule has 0 aliphatic heterocycles. The minimum Gasteiger partial charge on any atom is -0.393 e. The molecule has 1 unspecified atom stereocenters. The number of nitrogens with one attached hydrogen (secondary N) is 1. The van der Waals surface area contributed by atoms with Gasteiger partial charge in [0.15, 0.2) is 0 Å². The molecule has 1 aromatic carbocycles. The molecule has 0 radical (unpaired) electrons. The van der Waals surface area contributed by atoms with Crippen LogP contribution >= 0.6 is 11.8 Å². The number of aliphatic hydroxyl groups is 1. The first kappa shape index (κ1) is 14.1. The first-order valence-electron chi connectivity index (χ1n) is 5.85. The highest BCUT2D eigenvalue weighted by Gasteiger charge is 2.04. The van der Waals surface area contributed by atoms with Gasteiger partial charge in [0.1, 0.15) is 0 Å². The van der Waals surface area contributed by atoms with Crippen LogP contribution in [0.1, 0.15) is 19.8 Å². The van der Waals surface area contributed by atoms with Crippen molar-refractivity contribution in [2.45, 2.75) is 30.8 Å². The zero-order valence-corrected chi connectivity index (χ0v) is 10.9. The summed E-state index contributed by atoms with van der Waals surface area (Å²) in [4.78, 5) is 12.6. The minimum atomic E-state index is -0.308. The van der Waals surface area contributed by atoms with Gasteiger partial charge in [-0.25, -0.2) is 0 Å². The van der Waals surface area contributed by atoms with E-state index in [2.05, 4.69) is 5.32 Å². The average molecular weight is 253 g/mol. The number of aliphatic hydroxyl groups excluding tert-OH is 1. The fourth-order valence-corrected chi connectivity index (χ4v) is 2.05. The molecule has 0 aliphatic carbocycles. The van der Waals surface area contributed by atoms with E-state index < -0.39 is 0 Å². The smallest absolute Gasteiger partial charge is 0.230 e. The van der Waals surface area contributed by atoms with Crippen LogP contribution in [0.15, 0.2) is 35.2 Å². The second-order valence-electron chi connectivity index (χ2n) is 3.80. The lowest BCUT2D eigenvalue weighted by molar-refractivity contribution is -0.118. The van der Waals surface area contributed by atoms with Gasteiger partial charge in [-0.05, 0) is 25.0 Å². The summed E-state index contributed by atoms with van der Waals surface area (Å²) in [5, 5.41) is 12.1. The number of rotatable bonds is 7. The van der Waals surface area contributed by atoms with E-state index in [0.717, 1.165) is 11.3 Å². The standard InChI is InChI=1S/C13H19NO2S/c1-2-11(15)8-9-14-13(16)10-17-12-6-4-3-5-7-12/h3-7,11,15H,2,8-10H2,1H3,(H,14,16). The fraction of sp³-hybridized carbons (Fsp3) is 0.462. The maximum absolute atomic E-state index is 11.5. The summed E-state index contributed by atoms with van der Waals surface area (Å²) in [5.74, 6) is 0.439. The first-order chi connectivity index (χ1) is 8.22. The van der Waals surface area contributed by atoms with Crippen molar-refractivity contribution in [2.24, 2.45) is 0 Å². The summed E-state index contributed by atoms with van der Waals surface area (Å²) >= 11 is 1.52. The highest BCUT2D eigenvalue weighted by atomic mass is 32.2. The average Bonchev–Trinajstić information content (AvgIpc) is 2.37. The number of carbonyl (C=O) groups excluding carboxylic acids is 1. The Balaban J connectivity index is 2.13. The Morgan fingerprint density at radius 1 is 1.41 bits per heavy atom. The zero-order valence-electron chi connectivity index (χ0n) is 10.1. The summed E-state index contributed by atoms with van der Waals surface area (Å²) in [7, 11) is 0. The Labute approximate surface area is 107 Å². The minimum absolute atomic E-state index is 0.0159. The number of hydrogen-bond acceptors (Lipinski definition) is 3. The maximum atomic E-state index is 11.5. The van der Waals surface area contributed by atoms with E-state index in [1.54, 1.807) is 0 Å². The van der Waals surface area contributed by atoms with E-state index >= 15 is 0 Å². The van der Waals surface area contributed by atoms with Gasteiger partial charge in [0, 0.05) is 11.4 Å². The van der Waals surface area contributed by atoms with Crippen molar-refractivity contribution >= 4 is 17.7 Å². The van der Waals surface area contributed by atoms with Gasteiger partial charge in [-0.3, -0.25) is 4.79 Å². The lowest BCUT2D eigenvalue weighted by Gasteiger charge is -2.08. The zero-order chi connectivity index (χ0) is 12.5. The predicted molar refractivity (Wildman–Crippen MR) is 71.1 cm³/mol. The SMILES string of the molecule is CCC(O)CCNC(=O)CSc1ccccc1. The van der Waals surface area contributed by atoms with Gasteiger partial charge >= 0.3 is 0 Å². The lowest BCUT2D eigenvalue weighted by atomic mass is 10.2. The molecule has 0 fully saturated rings. The van der Waals surface area contributed by atoms with Gasteiger partial charge in [0.05, 0.1) is 11.9 Å². The van der Waals surface area contributed by atoms with Crippen LogP contribution in [0.5, 0.6) is 0 Å². The molecule has 0 aliphatic rings. The van der Waals surface area contributed by atoms with Crippen LogP contribution in [0.3, 0.4) is 0 Å². The van der Waals surface area contributed by atoms with Gasteiger partial charge in [-0.15, -0.1) is 11.8 Å². The Morgan fingerprint density at radius 2 is 2.12 bits per heavy atom. The Kier molecular flexibility index (Phi) is 6.74. The Bertz CT molecular complexity index is 329. The molecule has 4 heteroatoms. The van der Waals surface area contributed by atoms with E-state index in [9.17, 15) is 9.90 Å². The van der Waals surface area contributed by atoms with Crippen LogP contribution in [-0.2, 0) is 4.79 Å². The highest BCUT2D eigenvalue weighted by molar-refractivity contribution is 8.00. The quantitative estimate of drug-likeness (QED) is 0.731. The van der Waals surface area contributed by atoms with Crippen LogP contribution in [0.25, 0.3) is 0 Å². The summed E-state index contributed by atoms with van der Waals surface area (Å²) in [6.45, 7) is 2.47. The molecule has 17 heavy (non-hydrogen) atoms. The normalized spacial score (nSPS) is 12.1. The van der Waals surface area contributed by atoms with Gasteiger partial charge in [0.25, 0.3) is 0 Å². The van der Waals surface area contributed by atoms with Crippen molar-refractivity contribution < 1.29 is 9.90 Å².